The number of urea groups is 1. The number of aliphatic hydroxyl groups is 2. The van der Waals surface area contributed by atoms with Crippen LogP contribution < -0.4 is 20.9 Å². The standard InChI is InChI=1S/C40H43N9O6/c1-2-27-19-31(55-47-27)35-33(51)34(52)38(54-35)49-23-43-32-36(41-21-30(25-11-5-3-6-12-25)26-13-7-4-8-14-26)45-39(46-37(32)49)48-17-16-28(22-48)44-40(53)42-20-24-10-9-15-29(50)18-24/h3-15,18-19,23,28,30,33-35,38,50-52H,2,16-17,20-22H2,1H3,(H,41,45,46)(H2,42,44,53)/t28-,33+,34+,35-,38-/m1/s1. The highest BCUT2D eigenvalue weighted by Crippen LogP contribution is 2.41. The fourth-order valence-corrected chi connectivity index (χ4v) is 7.25. The van der Waals surface area contributed by atoms with Crippen LogP contribution in [0, 0.1) is 0 Å². The average molecular weight is 746 g/mol. The number of fused-ring (bicyclic) bond motifs is 1. The third-order valence-corrected chi connectivity index (χ3v) is 10.2. The van der Waals surface area contributed by atoms with E-state index in [1.807, 2.05) is 54.3 Å². The van der Waals surface area contributed by atoms with Crippen LogP contribution in [-0.4, -0.2) is 83.9 Å². The quantitative estimate of drug-likeness (QED) is 0.104. The van der Waals surface area contributed by atoms with E-state index < -0.39 is 24.5 Å². The molecule has 6 aromatic rings. The van der Waals surface area contributed by atoms with Gasteiger partial charge in [-0.3, -0.25) is 4.57 Å². The molecule has 5 atom stereocenters. The first-order valence-electron chi connectivity index (χ1n) is 18.5. The zero-order valence-corrected chi connectivity index (χ0v) is 30.2. The van der Waals surface area contributed by atoms with Crippen molar-refractivity contribution in [3.8, 4) is 5.75 Å². The molecule has 0 unspecified atom stereocenters. The number of phenolic OH excluding ortho intramolecular Hbond substituents is 1. The second-order valence-electron chi connectivity index (χ2n) is 13.9. The maximum Gasteiger partial charge on any atom is 0.315 e. The van der Waals surface area contributed by atoms with Crippen molar-refractivity contribution in [1.29, 1.82) is 0 Å². The molecule has 6 N–H and O–H groups in total. The van der Waals surface area contributed by atoms with E-state index in [2.05, 4.69) is 45.4 Å². The molecule has 15 heteroatoms. The Morgan fingerprint density at radius 1 is 0.964 bits per heavy atom. The molecule has 2 aliphatic rings. The number of rotatable bonds is 12. The summed E-state index contributed by atoms with van der Waals surface area (Å²) in [5.74, 6) is 1.34. The third-order valence-electron chi connectivity index (χ3n) is 10.2. The minimum absolute atomic E-state index is 0.0116. The van der Waals surface area contributed by atoms with E-state index in [9.17, 15) is 20.1 Å². The summed E-state index contributed by atoms with van der Waals surface area (Å²) in [6.07, 6.45) is -1.78. The van der Waals surface area contributed by atoms with E-state index in [0.717, 1.165) is 16.7 Å². The number of amides is 2. The van der Waals surface area contributed by atoms with Crippen LogP contribution in [0.3, 0.4) is 0 Å². The number of carbonyl (C=O) groups is 1. The SMILES string of the molecule is CCc1cc([C@H]2O[C@@H](n3cnc4c(NCC(c5ccccc5)c5ccccc5)nc(N5CC[C@@H](NC(=O)NCc6cccc(O)c6)C5)nc43)[C@@H](O)[C@@H]2O)on1. The topological polar surface area (TPSA) is 196 Å². The van der Waals surface area contributed by atoms with Crippen LogP contribution in [0.25, 0.3) is 11.2 Å². The molecule has 0 radical (unpaired) electrons. The van der Waals surface area contributed by atoms with Crippen LogP contribution in [0.5, 0.6) is 5.75 Å². The number of imidazole rings is 1. The first-order chi connectivity index (χ1) is 26.8. The first kappa shape index (κ1) is 36.0. The van der Waals surface area contributed by atoms with Crippen molar-refractivity contribution in [3.05, 3.63) is 125 Å². The predicted molar refractivity (Wildman–Crippen MR) is 203 cm³/mol. The molecular formula is C40H43N9O6. The minimum Gasteiger partial charge on any atom is -0.508 e. The van der Waals surface area contributed by atoms with Gasteiger partial charge in [0.25, 0.3) is 0 Å². The number of phenols is 1. The molecule has 2 saturated heterocycles. The maximum absolute atomic E-state index is 12.8. The number of benzene rings is 3. The van der Waals surface area contributed by atoms with Gasteiger partial charge in [0.1, 0.15) is 24.1 Å². The monoisotopic (exact) mass is 745 g/mol. The molecule has 2 aliphatic heterocycles. The molecule has 284 valence electrons. The van der Waals surface area contributed by atoms with Crippen molar-refractivity contribution in [2.75, 3.05) is 29.9 Å². The Hall–Kier alpha value is -6.03. The van der Waals surface area contributed by atoms with E-state index in [1.165, 1.54) is 6.33 Å². The molecule has 8 rings (SSSR count). The smallest absolute Gasteiger partial charge is 0.315 e. The molecule has 3 aromatic carbocycles. The van der Waals surface area contributed by atoms with Gasteiger partial charge in [-0.2, -0.15) is 9.97 Å². The normalized spacial score (nSPS) is 21.0. The minimum atomic E-state index is -1.33. The van der Waals surface area contributed by atoms with Crippen molar-refractivity contribution < 1.29 is 29.4 Å². The highest BCUT2D eigenvalue weighted by molar-refractivity contribution is 5.84. The van der Waals surface area contributed by atoms with Gasteiger partial charge in [0, 0.05) is 44.2 Å². The number of hydrogen-bond acceptors (Lipinski definition) is 12. The number of aromatic hydroxyl groups is 1. The zero-order chi connectivity index (χ0) is 37.9. The van der Waals surface area contributed by atoms with Crippen LogP contribution in [0.1, 0.15) is 59.7 Å². The molecule has 55 heavy (non-hydrogen) atoms. The van der Waals surface area contributed by atoms with Gasteiger partial charge in [0.15, 0.2) is 29.0 Å². The van der Waals surface area contributed by atoms with E-state index in [1.54, 1.807) is 28.8 Å². The summed E-state index contributed by atoms with van der Waals surface area (Å²) in [6, 6.07) is 28.5. The zero-order valence-electron chi connectivity index (χ0n) is 30.2. The van der Waals surface area contributed by atoms with Gasteiger partial charge in [0.05, 0.1) is 12.0 Å². The van der Waals surface area contributed by atoms with E-state index in [-0.39, 0.29) is 30.3 Å². The van der Waals surface area contributed by atoms with Gasteiger partial charge in [-0.1, -0.05) is 84.9 Å². The molecule has 15 nitrogen and oxygen atoms in total. The molecule has 5 heterocycles. The van der Waals surface area contributed by atoms with Crippen LogP contribution in [0.2, 0.25) is 0 Å². The fourth-order valence-electron chi connectivity index (χ4n) is 7.25. The number of hydrogen-bond donors (Lipinski definition) is 6. The Balaban J connectivity index is 1.07. The number of aryl methyl sites for hydroxylation is 1. The summed E-state index contributed by atoms with van der Waals surface area (Å²) in [6.45, 7) is 3.72. The summed E-state index contributed by atoms with van der Waals surface area (Å²) in [7, 11) is 0. The molecule has 0 saturated carbocycles. The molecule has 0 aliphatic carbocycles. The van der Waals surface area contributed by atoms with E-state index in [4.69, 9.17) is 24.2 Å². The van der Waals surface area contributed by atoms with Crippen LogP contribution >= 0.6 is 0 Å². The number of nitrogens with one attached hydrogen (secondary N) is 3. The predicted octanol–water partition coefficient (Wildman–Crippen LogP) is 4.40. The van der Waals surface area contributed by atoms with Gasteiger partial charge in [-0.15, -0.1) is 0 Å². The number of aromatic nitrogens is 5. The molecule has 2 fully saturated rings. The number of nitrogens with zero attached hydrogens (tertiary/aromatic N) is 6. The van der Waals surface area contributed by atoms with Gasteiger partial charge in [-0.25, -0.2) is 9.78 Å². The molecular weight excluding hydrogens is 702 g/mol. The van der Waals surface area contributed by atoms with E-state index >= 15 is 0 Å². The lowest BCUT2D eigenvalue weighted by Crippen LogP contribution is -2.43. The van der Waals surface area contributed by atoms with Crippen molar-refractivity contribution in [1.82, 2.24) is 35.3 Å². The summed E-state index contributed by atoms with van der Waals surface area (Å²) >= 11 is 0. The Labute approximate surface area is 317 Å². The average Bonchev–Trinajstić information content (AvgIpc) is 4.02. The van der Waals surface area contributed by atoms with Gasteiger partial charge >= 0.3 is 6.03 Å². The summed E-state index contributed by atoms with van der Waals surface area (Å²) in [4.78, 5) is 29.5. The second-order valence-corrected chi connectivity index (χ2v) is 13.9. The Kier molecular flexibility index (Phi) is 10.3. The molecule has 0 spiro atoms. The lowest BCUT2D eigenvalue weighted by Gasteiger charge is -2.22. The lowest BCUT2D eigenvalue weighted by atomic mass is 9.91. The van der Waals surface area contributed by atoms with E-state index in [0.29, 0.717) is 66.9 Å². The number of anilines is 2. The van der Waals surface area contributed by atoms with Crippen molar-refractivity contribution in [2.24, 2.45) is 0 Å². The Morgan fingerprint density at radius 3 is 2.44 bits per heavy atom. The maximum atomic E-state index is 12.8. The number of carbonyl (C=O) groups excluding carboxylic acids is 1. The number of ether oxygens (including phenoxy) is 1. The lowest BCUT2D eigenvalue weighted by molar-refractivity contribution is -0.0434. The van der Waals surface area contributed by atoms with Crippen molar-refractivity contribution >= 4 is 29.0 Å². The Bertz CT molecular complexity index is 2190. The number of aliphatic hydroxyl groups excluding tert-OH is 2. The first-order valence-corrected chi connectivity index (χ1v) is 18.5. The molecule has 0 bridgehead atoms. The fraction of sp³-hybridized carbons (Fsp3) is 0.325. The highest BCUT2D eigenvalue weighted by atomic mass is 16.6. The van der Waals surface area contributed by atoms with Gasteiger partial charge in [0.2, 0.25) is 5.95 Å². The summed E-state index contributed by atoms with van der Waals surface area (Å²) < 4.78 is 13.3. The summed E-state index contributed by atoms with van der Waals surface area (Å²) in [5.41, 5.74) is 4.62. The van der Waals surface area contributed by atoms with Crippen LogP contribution in [0.4, 0.5) is 16.6 Å². The Morgan fingerprint density at radius 2 is 1.73 bits per heavy atom. The van der Waals surface area contributed by atoms with Gasteiger partial charge in [-0.05, 0) is 41.7 Å². The summed E-state index contributed by atoms with van der Waals surface area (Å²) in [5, 5.41) is 45.7. The molecule has 3 aromatic heterocycles. The third kappa shape index (κ3) is 7.67. The highest BCUT2D eigenvalue weighted by Gasteiger charge is 2.47. The van der Waals surface area contributed by atoms with Crippen LogP contribution in [-0.2, 0) is 17.7 Å². The largest absolute Gasteiger partial charge is 0.508 e. The van der Waals surface area contributed by atoms with Gasteiger partial charge < -0.3 is 45.4 Å². The second kappa shape index (κ2) is 15.8. The van der Waals surface area contributed by atoms with Crippen LogP contribution in [0.15, 0.2) is 102 Å². The van der Waals surface area contributed by atoms with Crippen molar-refractivity contribution in [3.63, 3.8) is 0 Å². The van der Waals surface area contributed by atoms with Crippen molar-refractivity contribution in [2.45, 2.75) is 62.8 Å². The molecule has 2 amide bonds.